The van der Waals surface area contributed by atoms with Gasteiger partial charge in [0.1, 0.15) is 0 Å². The third-order valence-electron chi connectivity index (χ3n) is 3.21. The Morgan fingerprint density at radius 1 is 1.29 bits per heavy atom. The van der Waals surface area contributed by atoms with Gasteiger partial charge in [0.2, 0.25) is 11.8 Å². The molecular formula is C15H19N3O3. The fraction of sp³-hybridized carbons (Fsp3) is 0.400. The van der Waals surface area contributed by atoms with Crippen LogP contribution in [0.5, 0.6) is 0 Å². The van der Waals surface area contributed by atoms with Gasteiger partial charge >= 0.3 is 5.97 Å². The Morgan fingerprint density at radius 3 is 2.62 bits per heavy atom. The minimum absolute atomic E-state index is 0.104. The summed E-state index contributed by atoms with van der Waals surface area (Å²) in [7, 11) is 0. The van der Waals surface area contributed by atoms with Crippen LogP contribution in [0.15, 0.2) is 28.7 Å². The summed E-state index contributed by atoms with van der Waals surface area (Å²) in [4.78, 5) is 12.6. The first-order valence-electron chi connectivity index (χ1n) is 6.92. The van der Waals surface area contributed by atoms with Gasteiger partial charge in [0, 0.05) is 12.1 Å². The Balaban J connectivity index is 2.01. The van der Waals surface area contributed by atoms with Crippen LogP contribution in [0.4, 0.5) is 0 Å². The van der Waals surface area contributed by atoms with E-state index in [4.69, 9.17) is 9.52 Å². The van der Waals surface area contributed by atoms with Crippen LogP contribution in [0.3, 0.4) is 0 Å². The second-order valence-electron chi connectivity index (χ2n) is 4.88. The molecule has 0 saturated heterocycles. The second-order valence-corrected chi connectivity index (χ2v) is 4.88. The van der Waals surface area contributed by atoms with Crippen LogP contribution < -0.4 is 0 Å². The van der Waals surface area contributed by atoms with Crippen molar-refractivity contribution in [3.8, 4) is 11.5 Å². The van der Waals surface area contributed by atoms with Gasteiger partial charge in [-0.25, -0.2) is 0 Å². The lowest BCUT2D eigenvalue weighted by Gasteiger charge is -2.16. The fourth-order valence-corrected chi connectivity index (χ4v) is 1.92. The molecule has 0 atom stereocenters. The molecule has 0 aliphatic heterocycles. The molecule has 0 aliphatic carbocycles. The smallest absolute Gasteiger partial charge is 0.304 e. The van der Waals surface area contributed by atoms with Gasteiger partial charge < -0.3 is 9.52 Å². The highest BCUT2D eigenvalue weighted by atomic mass is 16.4. The normalized spacial score (nSPS) is 11.0. The van der Waals surface area contributed by atoms with E-state index in [0.717, 1.165) is 12.1 Å². The Labute approximate surface area is 123 Å². The van der Waals surface area contributed by atoms with Gasteiger partial charge in [0.15, 0.2) is 0 Å². The van der Waals surface area contributed by atoms with E-state index in [-0.39, 0.29) is 6.42 Å². The summed E-state index contributed by atoms with van der Waals surface area (Å²) in [6.07, 6.45) is 0.104. The van der Waals surface area contributed by atoms with Crippen LogP contribution >= 0.6 is 0 Å². The van der Waals surface area contributed by atoms with Crippen molar-refractivity contribution in [1.82, 2.24) is 15.1 Å². The average molecular weight is 289 g/mol. The molecule has 2 rings (SSSR count). The van der Waals surface area contributed by atoms with E-state index in [0.29, 0.717) is 24.9 Å². The van der Waals surface area contributed by atoms with E-state index < -0.39 is 5.97 Å². The number of aryl methyl sites for hydroxylation is 1. The molecule has 0 fully saturated rings. The standard InChI is InChI=1S/C15H19N3O3/c1-3-18(9-8-14(19)20)10-13-16-17-15(21-13)12-6-4-11(2)5-7-12/h4-7H,3,8-10H2,1-2H3,(H,19,20). The first kappa shape index (κ1) is 15.2. The molecular weight excluding hydrogens is 270 g/mol. The van der Waals surface area contributed by atoms with E-state index >= 15 is 0 Å². The molecule has 1 heterocycles. The zero-order valence-electron chi connectivity index (χ0n) is 12.2. The van der Waals surface area contributed by atoms with Gasteiger partial charge in [-0.2, -0.15) is 0 Å². The van der Waals surface area contributed by atoms with Gasteiger partial charge in [-0.1, -0.05) is 24.6 Å². The highest BCUT2D eigenvalue weighted by molar-refractivity contribution is 5.66. The summed E-state index contributed by atoms with van der Waals surface area (Å²) < 4.78 is 5.64. The van der Waals surface area contributed by atoms with Gasteiger partial charge in [-0.3, -0.25) is 9.69 Å². The van der Waals surface area contributed by atoms with E-state index in [1.54, 1.807) is 0 Å². The average Bonchev–Trinajstić information content (AvgIpc) is 2.92. The molecule has 0 radical (unpaired) electrons. The number of aliphatic carboxylic acids is 1. The lowest BCUT2D eigenvalue weighted by Crippen LogP contribution is -2.25. The van der Waals surface area contributed by atoms with Crippen molar-refractivity contribution >= 4 is 5.97 Å². The minimum Gasteiger partial charge on any atom is -0.481 e. The highest BCUT2D eigenvalue weighted by Crippen LogP contribution is 2.18. The van der Waals surface area contributed by atoms with Crippen molar-refractivity contribution in [1.29, 1.82) is 0 Å². The number of rotatable bonds is 7. The maximum absolute atomic E-state index is 10.6. The number of benzene rings is 1. The van der Waals surface area contributed by atoms with Crippen LogP contribution in [0, 0.1) is 6.92 Å². The van der Waals surface area contributed by atoms with Crippen LogP contribution in [-0.2, 0) is 11.3 Å². The lowest BCUT2D eigenvalue weighted by atomic mass is 10.1. The van der Waals surface area contributed by atoms with Gasteiger partial charge in [0.05, 0.1) is 13.0 Å². The maximum atomic E-state index is 10.6. The van der Waals surface area contributed by atoms with Crippen molar-refractivity contribution in [3.05, 3.63) is 35.7 Å². The summed E-state index contributed by atoms with van der Waals surface area (Å²) in [6, 6.07) is 7.86. The highest BCUT2D eigenvalue weighted by Gasteiger charge is 2.12. The first-order chi connectivity index (χ1) is 10.1. The Morgan fingerprint density at radius 2 is 2.00 bits per heavy atom. The number of carboxylic acid groups (broad SMARTS) is 1. The van der Waals surface area contributed by atoms with Gasteiger partial charge in [-0.05, 0) is 25.6 Å². The number of aromatic nitrogens is 2. The van der Waals surface area contributed by atoms with Crippen LogP contribution in [-0.4, -0.2) is 39.3 Å². The third kappa shape index (κ3) is 4.39. The van der Waals surface area contributed by atoms with Crippen molar-refractivity contribution in [2.75, 3.05) is 13.1 Å². The molecule has 2 aromatic rings. The third-order valence-corrected chi connectivity index (χ3v) is 3.21. The molecule has 1 aromatic carbocycles. The van der Waals surface area contributed by atoms with Crippen LogP contribution in [0.25, 0.3) is 11.5 Å². The molecule has 0 unspecified atom stereocenters. The predicted molar refractivity (Wildman–Crippen MR) is 77.7 cm³/mol. The van der Waals surface area contributed by atoms with E-state index in [1.807, 2.05) is 43.0 Å². The molecule has 1 aromatic heterocycles. The van der Waals surface area contributed by atoms with Gasteiger partial charge in [0.25, 0.3) is 0 Å². The Hall–Kier alpha value is -2.21. The molecule has 0 spiro atoms. The zero-order valence-corrected chi connectivity index (χ0v) is 12.2. The molecule has 0 amide bonds. The van der Waals surface area contributed by atoms with E-state index in [1.165, 1.54) is 5.56 Å². The molecule has 112 valence electrons. The molecule has 6 heteroatoms. The maximum Gasteiger partial charge on any atom is 0.304 e. The fourth-order valence-electron chi connectivity index (χ4n) is 1.92. The SMILES string of the molecule is CCN(CCC(=O)O)Cc1nnc(-c2ccc(C)cc2)o1. The minimum atomic E-state index is -0.806. The van der Waals surface area contributed by atoms with E-state index in [2.05, 4.69) is 10.2 Å². The van der Waals surface area contributed by atoms with Crippen molar-refractivity contribution in [2.45, 2.75) is 26.8 Å². The monoisotopic (exact) mass is 289 g/mol. The van der Waals surface area contributed by atoms with Crippen molar-refractivity contribution in [2.24, 2.45) is 0 Å². The second kappa shape index (κ2) is 6.99. The summed E-state index contributed by atoms with van der Waals surface area (Å²) in [6.45, 7) is 5.65. The van der Waals surface area contributed by atoms with E-state index in [9.17, 15) is 4.79 Å². The lowest BCUT2D eigenvalue weighted by molar-refractivity contribution is -0.137. The molecule has 0 saturated carbocycles. The molecule has 0 aliphatic rings. The quantitative estimate of drug-likeness (QED) is 0.842. The number of hydrogen-bond donors (Lipinski definition) is 1. The topological polar surface area (TPSA) is 79.5 Å². The predicted octanol–water partition coefficient (Wildman–Crippen LogP) is 2.34. The first-order valence-corrected chi connectivity index (χ1v) is 6.92. The van der Waals surface area contributed by atoms with Crippen LogP contribution in [0.2, 0.25) is 0 Å². The number of carbonyl (C=O) groups is 1. The summed E-state index contributed by atoms with van der Waals surface area (Å²) in [5.74, 6) is 0.177. The summed E-state index contributed by atoms with van der Waals surface area (Å²) >= 11 is 0. The Bertz CT molecular complexity index is 592. The Kier molecular flexibility index (Phi) is 5.05. The van der Waals surface area contributed by atoms with Gasteiger partial charge in [-0.15, -0.1) is 10.2 Å². The molecule has 21 heavy (non-hydrogen) atoms. The number of nitrogens with zero attached hydrogens (tertiary/aromatic N) is 3. The molecule has 6 nitrogen and oxygen atoms in total. The van der Waals surface area contributed by atoms with Crippen molar-refractivity contribution in [3.63, 3.8) is 0 Å². The summed E-state index contributed by atoms with van der Waals surface area (Å²) in [5, 5.41) is 16.8. The zero-order chi connectivity index (χ0) is 15.2. The largest absolute Gasteiger partial charge is 0.481 e. The number of hydrogen-bond acceptors (Lipinski definition) is 5. The molecule has 1 N–H and O–H groups in total. The summed E-state index contributed by atoms with van der Waals surface area (Å²) in [5.41, 5.74) is 2.05. The van der Waals surface area contributed by atoms with Crippen molar-refractivity contribution < 1.29 is 14.3 Å². The number of carboxylic acids is 1. The molecule has 0 bridgehead atoms. The van der Waals surface area contributed by atoms with Crippen LogP contribution in [0.1, 0.15) is 24.8 Å².